The number of hydrogen-bond donors (Lipinski definition) is 1. The molecule has 1 heterocycles. The monoisotopic (exact) mass is 338 g/mol. The zero-order chi connectivity index (χ0) is 14.7. The van der Waals surface area contributed by atoms with Gasteiger partial charge in [0.1, 0.15) is 5.82 Å². The topological polar surface area (TPSA) is 34.0 Å². The first-order chi connectivity index (χ1) is 9.51. The van der Waals surface area contributed by atoms with E-state index in [0.717, 1.165) is 11.3 Å². The van der Waals surface area contributed by atoms with Gasteiger partial charge in [0.2, 0.25) is 0 Å². The number of anilines is 1. The first-order valence-corrected chi connectivity index (χ1v) is 7.22. The highest BCUT2D eigenvalue weighted by Gasteiger charge is 2.08. The Bertz CT molecular complexity index is 669. The van der Waals surface area contributed by atoms with Crippen molar-refractivity contribution in [2.24, 2.45) is 0 Å². The second-order valence-corrected chi connectivity index (χ2v) is 5.44. The maximum absolute atomic E-state index is 13.2. The van der Waals surface area contributed by atoms with E-state index in [1.165, 1.54) is 6.07 Å². The van der Waals surface area contributed by atoms with Gasteiger partial charge in [-0.15, -0.1) is 0 Å². The van der Waals surface area contributed by atoms with Crippen molar-refractivity contribution >= 4 is 21.6 Å². The van der Waals surface area contributed by atoms with Crippen LogP contribution in [0.1, 0.15) is 25.5 Å². The number of aryl methyl sites for hydroxylation is 1. The summed E-state index contributed by atoms with van der Waals surface area (Å²) in [5, 5.41) is 3.30. The van der Waals surface area contributed by atoms with Crippen molar-refractivity contribution in [2.75, 3.05) is 5.32 Å². The van der Waals surface area contributed by atoms with Gasteiger partial charge in [-0.25, -0.2) is 4.39 Å². The molecule has 1 aromatic heterocycles. The average molecular weight is 339 g/mol. The summed E-state index contributed by atoms with van der Waals surface area (Å²) in [6, 6.07) is 8.23. The minimum Gasteiger partial charge on any atom is -0.377 e. The Morgan fingerprint density at radius 2 is 2.10 bits per heavy atom. The van der Waals surface area contributed by atoms with Crippen molar-refractivity contribution in [1.29, 1.82) is 0 Å². The van der Waals surface area contributed by atoms with Crippen molar-refractivity contribution in [3.8, 4) is 0 Å². The standard InChI is InChI=1S/C15H16BrFN2O/c1-3-19-9-12(5-7-15(19)20)18-10(2)11-4-6-14(17)13(16)8-11/h4-10,18H,3H2,1-2H3. The largest absolute Gasteiger partial charge is 0.377 e. The molecule has 1 atom stereocenters. The van der Waals surface area contributed by atoms with Crippen LogP contribution < -0.4 is 10.9 Å². The lowest BCUT2D eigenvalue weighted by molar-refractivity contribution is 0.619. The lowest BCUT2D eigenvalue weighted by atomic mass is 10.1. The maximum atomic E-state index is 13.2. The van der Waals surface area contributed by atoms with Crippen molar-refractivity contribution < 1.29 is 4.39 Å². The predicted octanol–water partition coefficient (Wildman–Crippen LogP) is 3.94. The summed E-state index contributed by atoms with van der Waals surface area (Å²) in [5.74, 6) is -0.277. The smallest absolute Gasteiger partial charge is 0.250 e. The fourth-order valence-electron chi connectivity index (χ4n) is 1.98. The molecule has 1 aromatic carbocycles. The van der Waals surface area contributed by atoms with Crippen molar-refractivity contribution in [3.05, 3.63) is 62.7 Å². The number of nitrogens with one attached hydrogen (secondary N) is 1. The molecule has 106 valence electrons. The van der Waals surface area contributed by atoms with Gasteiger partial charge >= 0.3 is 0 Å². The van der Waals surface area contributed by atoms with Crippen LogP contribution in [0.25, 0.3) is 0 Å². The minimum atomic E-state index is -0.277. The normalized spacial score (nSPS) is 12.2. The number of halogens is 2. The molecular weight excluding hydrogens is 323 g/mol. The molecule has 2 aromatic rings. The molecule has 2 rings (SSSR count). The highest BCUT2D eigenvalue weighted by Crippen LogP contribution is 2.23. The third kappa shape index (κ3) is 3.28. The molecule has 0 fully saturated rings. The highest BCUT2D eigenvalue weighted by molar-refractivity contribution is 9.10. The van der Waals surface area contributed by atoms with Crippen molar-refractivity contribution in [1.82, 2.24) is 4.57 Å². The van der Waals surface area contributed by atoms with Crippen LogP contribution in [0.4, 0.5) is 10.1 Å². The predicted molar refractivity (Wildman–Crippen MR) is 82.5 cm³/mol. The van der Waals surface area contributed by atoms with E-state index in [1.807, 2.05) is 13.8 Å². The zero-order valence-electron chi connectivity index (χ0n) is 11.4. The summed E-state index contributed by atoms with van der Waals surface area (Å²) in [7, 11) is 0. The molecule has 0 aliphatic heterocycles. The maximum Gasteiger partial charge on any atom is 0.250 e. The fraction of sp³-hybridized carbons (Fsp3) is 0.267. The lowest BCUT2D eigenvalue weighted by Gasteiger charge is -2.17. The second kappa shape index (κ2) is 6.22. The summed E-state index contributed by atoms with van der Waals surface area (Å²) in [4.78, 5) is 11.5. The molecule has 0 saturated carbocycles. The molecule has 0 aliphatic rings. The van der Waals surface area contributed by atoms with Gasteiger partial charge in [-0.3, -0.25) is 4.79 Å². The number of nitrogens with zero attached hydrogens (tertiary/aromatic N) is 1. The summed E-state index contributed by atoms with van der Waals surface area (Å²) >= 11 is 3.18. The molecule has 0 spiro atoms. The first-order valence-electron chi connectivity index (χ1n) is 6.43. The Balaban J connectivity index is 2.20. The van der Waals surface area contributed by atoms with Crippen LogP contribution in [0.15, 0.2) is 45.8 Å². The molecule has 20 heavy (non-hydrogen) atoms. The van der Waals surface area contributed by atoms with Crippen LogP contribution in [-0.4, -0.2) is 4.57 Å². The van der Waals surface area contributed by atoms with E-state index in [9.17, 15) is 9.18 Å². The summed E-state index contributed by atoms with van der Waals surface area (Å²) < 4.78 is 15.3. The molecule has 3 nitrogen and oxygen atoms in total. The lowest BCUT2D eigenvalue weighted by Crippen LogP contribution is -2.18. The van der Waals surface area contributed by atoms with Gasteiger partial charge in [0, 0.05) is 24.8 Å². The Hall–Kier alpha value is -1.62. The van der Waals surface area contributed by atoms with Crippen LogP contribution in [0.5, 0.6) is 0 Å². The molecule has 0 bridgehead atoms. The van der Waals surface area contributed by atoms with Gasteiger partial charge in [0.05, 0.1) is 10.2 Å². The van der Waals surface area contributed by atoms with E-state index >= 15 is 0 Å². The van der Waals surface area contributed by atoms with E-state index in [4.69, 9.17) is 0 Å². The van der Waals surface area contributed by atoms with Gasteiger partial charge in [0.25, 0.3) is 5.56 Å². The third-order valence-electron chi connectivity index (χ3n) is 3.15. The Kier molecular flexibility index (Phi) is 4.60. The molecule has 0 amide bonds. The second-order valence-electron chi connectivity index (χ2n) is 4.58. The fourth-order valence-corrected chi connectivity index (χ4v) is 2.38. The zero-order valence-corrected chi connectivity index (χ0v) is 12.9. The van der Waals surface area contributed by atoms with Gasteiger partial charge in [0.15, 0.2) is 0 Å². The van der Waals surface area contributed by atoms with Gasteiger partial charge in [-0.05, 0) is 53.5 Å². The molecular formula is C15H16BrFN2O. The quantitative estimate of drug-likeness (QED) is 0.915. The minimum absolute atomic E-state index is 0.00899. The Morgan fingerprint density at radius 3 is 2.75 bits per heavy atom. The number of rotatable bonds is 4. The Morgan fingerprint density at radius 1 is 1.35 bits per heavy atom. The Labute approximate surface area is 125 Å². The van der Waals surface area contributed by atoms with Crippen molar-refractivity contribution in [2.45, 2.75) is 26.4 Å². The van der Waals surface area contributed by atoms with E-state index in [2.05, 4.69) is 21.2 Å². The number of pyridine rings is 1. The SMILES string of the molecule is CCn1cc(NC(C)c2ccc(F)c(Br)c2)ccc1=O. The van der Waals surface area contributed by atoms with E-state index in [1.54, 1.807) is 35.0 Å². The van der Waals surface area contributed by atoms with Crippen LogP contribution in [0, 0.1) is 5.82 Å². The summed E-state index contributed by atoms with van der Waals surface area (Å²) in [6.45, 7) is 4.54. The van der Waals surface area contributed by atoms with Crippen LogP contribution in [-0.2, 0) is 6.54 Å². The average Bonchev–Trinajstić information content (AvgIpc) is 2.43. The highest BCUT2D eigenvalue weighted by atomic mass is 79.9. The first kappa shape index (κ1) is 14.8. The molecule has 0 radical (unpaired) electrons. The van der Waals surface area contributed by atoms with Crippen molar-refractivity contribution in [3.63, 3.8) is 0 Å². The van der Waals surface area contributed by atoms with E-state index < -0.39 is 0 Å². The molecule has 1 N–H and O–H groups in total. The molecule has 1 unspecified atom stereocenters. The van der Waals surface area contributed by atoms with E-state index in [-0.39, 0.29) is 17.4 Å². The summed E-state index contributed by atoms with van der Waals surface area (Å²) in [5.41, 5.74) is 1.81. The van der Waals surface area contributed by atoms with Crippen LogP contribution in [0.2, 0.25) is 0 Å². The molecule has 0 aliphatic carbocycles. The van der Waals surface area contributed by atoms with Gasteiger partial charge in [-0.1, -0.05) is 6.07 Å². The number of benzene rings is 1. The van der Waals surface area contributed by atoms with E-state index in [0.29, 0.717) is 11.0 Å². The number of hydrogen-bond acceptors (Lipinski definition) is 2. The summed E-state index contributed by atoms with van der Waals surface area (Å²) in [6.07, 6.45) is 1.79. The number of aromatic nitrogens is 1. The van der Waals surface area contributed by atoms with Gasteiger partial charge in [-0.2, -0.15) is 0 Å². The van der Waals surface area contributed by atoms with Gasteiger partial charge < -0.3 is 9.88 Å². The molecule has 5 heteroatoms. The third-order valence-corrected chi connectivity index (χ3v) is 3.76. The van der Waals surface area contributed by atoms with Crippen LogP contribution >= 0.6 is 15.9 Å². The molecule has 0 saturated heterocycles. The van der Waals surface area contributed by atoms with Crippen LogP contribution in [0.3, 0.4) is 0 Å².